The Hall–Kier alpha value is -3.56. The Bertz CT molecular complexity index is 1320. The molecule has 1 N–H and O–H groups in total. The van der Waals surface area contributed by atoms with Crippen molar-refractivity contribution in [1.29, 1.82) is 0 Å². The highest BCUT2D eigenvalue weighted by molar-refractivity contribution is 9.10. The van der Waals surface area contributed by atoms with Crippen molar-refractivity contribution in [2.45, 2.75) is 13.5 Å². The van der Waals surface area contributed by atoms with Gasteiger partial charge in [-0.3, -0.25) is 19.3 Å². The molecule has 0 spiro atoms. The van der Waals surface area contributed by atoms with E-state index in [1.54, 1.807) is 48.5 Å². The molecule has 1 aliphatic heterocycles. The number of methoxy groups -OCH3 is 1. The molecule has 0 atom stereocenters. The molecule has 9 heteroatoms. The summed E-state index contributed by atoms with van der Waals surface area (Å²) in [6.45, 7) is 2.05. The van der Waals surface area contributed by atoms with Gasteiger partial charge in [-0.05, 0) is 72.3 Å². The summed E-state index contributed by atoms with van der Waals surface area (Å²) in [5.41, 5.74) is 3.45. The third-order valence-corrected chi connectivity index (χ3v) is 6.74. The predicted octanol–water partition coefficient (Wildman–Crippen LogP) is 6.02. The SMILES string of the molecule is COc1cc(/C=C2/SC(=O)N(CC(=O)Nc3ccc(Br)cc3)C2=O)ccc1OCc1ccc(C)cc1. The normalized spacial score (nSPS) is 14.3. The van der Waals surface area contributed by atoms with Gasteiger partial charge in [0.1, 0.15) is 13.2 Å². The lowest BCUT2D eigenvalue weighted by molar-refractivity contribution is -0.127. The van der Waals surface area contributed by atoms with E-state index in [4.69, 9.17) is 9.47 Å². The molecule has 0 bridgehead atoms. The number of rotatable bonds is 8. The zero-order valence-corrected chi connectivity index (χ0v) is 22.0. The first kappa shape index (κ1) is 25.5. The second kappa shape index (κ2) is 11.5. The van der Waals surface area contributed by atoms with Crippen LogP contribution in [-0.4, -0.2) is 35.6 Å². The fourth-order valence-corrected chi connectivity index (χ4v) is 4.51. The third kappa shape index (κ3) is 6.35. The van der Waals surface area contributed by atoms with E-state index in [1.807, 2.05) is 31.2 Å². The zero-order chi connectivity index (χ0) is 25.7. The standard InChI is InChI=1S/C27H23BrN2O5S/c1-17-3-5-18(6-4-17)16-35-22-12-7-19(13-23(22)34-2)14-24-26(32)30(27(33)36-24)15-25(31)29-21-10-8-20(28)9-11-21/h3-14H,15-16H2,1-2H3,(H,29,31)/b24-14+. The van der Waals surface area contributed by atoms with Crippen LogP contribution < -0.4 is 14.8 Å². The van der Waals surface area contributed by atoms with Crippen molar-refractivity contribution in [3.05, 3.63) is 92.8 Å². The van der Waals surface area contributed by atoms with Gasteiger partial charge in [-0.2, -0.15) is 0 Å². The Balaban J connectivity index is 1.42. The molecule has 36 heavy (non-hydrogen) atoms. The Kier molecular flexibility index (Phi) is 8.12. The predicted molar refractivity (Wildman–Crippen MR) is 144 cm³/mol. The van der Waals surface area contributed by atoms with Crippen molar-refractivity contribution < 1.29 is 23.9 Å². The number of carbonyl (C=O) groups excluding carboxylic acids is 3. The zero-order valence-electron chi connectivity index (χ0n) is 19.6. The van der Waals surface area contributed by atoms with Crippen LogP contribution in [0.2, 0.25) is 0 Å². The minimum atomic E-state index is -0.519. The molecule has 7 nitrogen and oxygen atoms in total. The Morgan fingerprint density at radius 3 is 2.44 bits per heavy atom. The third-order valence-electron chi connectivity index (χ3n) is 5.30. The van der Waals surface area contributed by atoms with Gasteiger partial charge in [-0.1, -0.05) is 51.8 Å². The van der Waals surface area contributed by atoms with Gasteiger partial charge < -0.3 is 14.8 Å². The summed E-state index contributed by atoms with van der Waals surface area (Å²) in [6, 6.07) is 20.3. The number of hydrogen-bond acceptors (Lipinski definition) is 6. The lowest BCUT2D eigenvalue weighted by Gasteiger charge is -2.13. The van der Waals surface area contributed by atoms with E-state index in [1.165, 1.54) is 12.7 Å². The minimum Gasteiger partial charge on any atom is -0.493 e. The van der Waals surface area contributed by atoms with Crippen LogP contribution in [0.1, 0.15) is 16.7 Å². The number of thioether (sulfide) groups is 1. The van der Waals surface area contributed by atoms with E-state index < -0.39 is 17.1 Å². The summed E-state index contributed by atoms with van der Waals surface area (Å²) in [4.78, 5) is 38.8. The summed E-state index contributed by atoms with van der Waals surface area (Å²) in [5.74, 6) is 0.0872. The molecule has 4 rings (SSSR count). The Morgan fingerprint density at radius 1 is 1.03 bits per heavy atom. The molecule has 3 aromatic carbocycles. The van der Waals surface area contributed by atoms with E-state index in [2.05, 4.69) is 21.2 Å². The fourth-order valence-electron chi connectivity index (χ4n) is 3.40. The average molecular weight is 567 g/mol. The number of amides is 3. The number of hydrogen-bond donors (Lipinski definition) is 1. The Labute approximate surface area is 221 Å². The Morgan fingerprint density at radius 2 is 1.75 bits per heavy atom. The number of halogens is 1. The molecule has 3 aromatic rings. The van der Waals surface area contributed by atoms with Crippen LogP contribution in [0.3, 0.4) is 0 Å². The summed E-state index contributed by atoms with van der Waals surface area (Å²) < 4.78 is 12.2. The second-order valence-corrected chi connectivity index (χ2v) is 9.92. The summed E-state index contributed by atoms with van der Waals surface area (Å²) in [5, 5.41) is 2.19. The van der Waals surface area contributed by atoms with E-state index in [0.717, 1.165) is 26.7 Å². The highest BCUT2D eigenvalue weighted by Crippen LogP contribution is 2.34. The molecule has 0 saturated carbocycles. The number of nitrogens with one attached hydrogen (secondary N) is 1. The molecule has 1 saturated heterocycles. The van der Waals surface area contributed by atoms with E-state index in [0.29, 0.717) is 29.4 Å². The lowest BCUT2D eigenvalue weighted by Crippen LogP contribution is -2.36. The molecule has 0 aliphatic carbocycles. The van der Waals surface area contributed by atoms with Crippen molar-refractivity contribution in [2.75, 3.05) is 19.0 Å². The highest BCUT2D eigenvalue weighted by atomic mass is 79.9. The summed E-state index contributed by atoms with van der Waals surface area (Å²) in [7, 11) is 1.54. The molecule has 1 aliphatic rings. The monoisotopic (exact) mass is 566 g/mol. The van der Waals surface area contributed by atoms with E-state index in [9.17, 15) is 14.4 Å². The number of anilines is 1. The van der Waals surface area contributed by atoms with Crippen LogP contribution in [-0.2, 0) is 16.2 Å². The molecule has 184 valence electrons. The average Bonchev–Trinajstić information content (AvgIpc) is 3.12. The van der Waals surface area contributed by atoms with Crippen molar-refractivity contribution in [3.63, 3.8) is 0 Å². The van der Waals surface area contributed by atoms with Crippen LogP contribution in [0.15, 0.2) is 76.1 Å². The van der Waals surface area contributed by atoms with Crippen LogP contribution in [0, 0.1) is 6.92 Å². The maximum absolute atomic E-state index is 12.8. The number of carbonyl (C=O) groups is 3. The summed E-state index contributed by atoms with van der Waals surface area (Å²) in [6.07, 6.45) is 1.60. The smallest absolute Gasteiger partial charge is 0.294 e. The number of ether oxygens (including phenoxy) is 2. The molecule has 1 fully saturated rings. The van der Waals surface area contributed by atoms with Gasteiger partial charge in [0.05, 0.1) is 12.0 Å². The number of aryl methyl sites for hydroxylation is 1. The van der Waals surface area contributed by atoms with Crippen molar-refractivity contribution >= 4 is 56.5 Å². The van der Waals surface area contributed by atoms with Crippen molar-refractivity contribution in [1.82, 2.24) is 4.90 Å². The van der Waals surface area contributed by atoms with Crippen molar-refractivity contribution in [2.24, 2.45) is 0 Å². The van der Waals surface area contributed by atoms with Gasteiger partial charge in [0.15, 0.2) is 11.5 Å². The topological polar surface area (TPSA) is 84.9 Å². The molecule has 0 unspecified atom stereocenters. The van der Waals surface area contributed by atoms with Gasteiger partial charge >= 0.3 is 0 Å². The minimum absolute atomic E-state index is 0.229. The number of imide groups is 1. The molecule has 0 aromatic heterocycles. The molecule has 3 amide bonds. The van der Waals surface area contributed by atoms with Crippen molar-refractivity contribution in [3.8, 4) is 11.5 Å². The van der Waals surface area contributed by atoms with Gasteiger partial charge in [-0.15, -0.1) is 0 Å². The van der Waals surface area contributed by atoms with Gasteiger partial charge in [0, 0.05) is 10.2 Å². The van der Waals surface area contributed by atoms with Crippen LogP contribution in [0.25, 0.3) is 6.08 Å². The highest BCUT2D eigenvalue weighted by Gasteiger charge is 2.36. The van der Waals surface area contributed by atoms with Crippen LogP contribution in [0.5, 0.6) is 11.5 Å². The largest absolute Gasteiger partial charge is 0.493 e. The molecule has 1 heterocycles. The molecular formula is C27H23BrN2O5S. The molecule has 0 radical (unpaired) electrons. The summed E-state index contributed by atoms with van der Waals surface area (Å²) >= 11 is 4.12. The quantitative estimate of drug-likeness (QED) is 0.335. The fraction of sp³-hybridized carbons (Fsp3) is 0.148. The lowest BCUT2D eigenvalue weighted by atomic mass is 10.1. The maximum atomic E-state index is 12.8. The second-order valence-electron chi connectivity index (χ2n) is 8.01. The first-order valence-corrected chi connectivity index (χ1v) is 12.6. The molecular weight excluding hydrogens is 544 g/mol. The van der Waals surface area contributed by atoms with E-state index in [-0.39, 0.29) is 11.4 Å². The first-order chi connectivity index (χ1) is 17.3. The maximum Gasteiger partial charge on any atom is 0.294 e. The van der Waals surface area contributed by atoms with Gasteiger partial charge in [-0.25, -0.2) is 0 Å². The number of benzene rings is 3. The van der Waals surface area contributed by atoms with Crippen LogP contribution in [0.4, 0.5) is 10.5 Å². The van der Waals surface area contributed by atoms with Gasteiger partial charge in [0.2, 0.25) is 5.91 Å². The first-order valence-electron chi connectivity index (χ1n) is 11.0. The van der Waals surface area contributed by atoms with Gasteiger partial charge in [0.25, 0.3) is 11.1 Å². The van der Waals surface area contributed by atoms with Crippen LogP contribution >= 0.6 is 27.7 Å². The van der Waals surface area contributed by atoms with E-state index >= 15 is 0 Å². The number of nitrogens with zero attached hydrogens (tertiary/aromatic N) is 1.